The Morgan fingerprint density at radius 3 is 2.45 bits per heavy atom. The van der Waals surface area contributed by atoms with E-state index in [1.807, 2.05) is 55.6 Å². The molecule has 0 radical (unpaired) electrons. The molecule has 2 aromatic carbocycles. The highest BCUT2D eigenvalue weighted by atomic mass is 16.5. The van der Waals surface area contributed by atoms with Gasteiger partial charge in [-0.05, 0) is 54.7 Å². The standard InChI is InChI=1S/C33H33N5O4/c1-21-7-12-25(34-16-21)20-42-26-13-14-29-30(15-26)38(31(37-29)27-5-3-4-6-28(27)32(39)40)19-22-8-10-23(11-9-22)24-17-35-33(41-2)36-18-24/h7-18,27-28H,3-6,19-20H2,1-2H3,(H,39,40)/t27-,28+/m1/s1. The Morgan fingerprint density at radius 2 is 1.74 bits per heavy atom. The maximum atomic E-state index is 12.2. The predicted molar refractivity (Wildman–Crippen MR) is 158 cm³/mol. The number of methoxy groups -OCH3 is 1. The fraction of sp³-hybridized carbons (Fsp3) is 0.303. The van der Waals surface area contributed by atoms with Gasteiger partial charge in [-0.15, -0.1) is 0 Å². The Morgan fingerprint density at radius 1 is 0.952 bits per heavy atom. The van der Waals surface area contributed by atoms with Crippen LogP contribution in [0, 0.1) is 12.8 Å². The second-order valence-corrected chi connectivity index (χ2v) is 10.8. The van der Waals surface area contributed by atoms with E-state index < -0.39 is 11.9 Å². The van der Waals surface area contributed by atoms with Crippen LogP contribution in [-0.4, -0.2) is 42.7 Å². The molecule has 2 atom stereocenters. The third-order valence-corrected chi connectivity index (χ3v) is 7.96. The van der Waals surface area contributed by atoms with E-state index in [4.69, 9.17) is 14.5 Å². The summed E-state index contributed by atoms with van der Waals surface area (Å²) in [5.74, 6) is 0.183. The van der Waals surface area contributed by atoms with Crippen molar-refractivity contribution in [2.24, 2.45) is 5.92 Å². The van der Waals surface area contributed by atoms with Gasteiger partial charge in [0.15, 0.2) is 0 Å². The van der Waals surface area contributed by atoms with Crippen molar-refractivity contribution in [2.75, 3.05) is 7.11 Å². The van der Waals surface area contributed by atoms with Crippen molar-refractivity contribution < 1.29 is 19.4 Å². The molecular formula is C33H33N5O4. The Bertz CT molecular complexity index is 1680. The molecule has 0 spiro atoms. The number of carbonyl (C=O) groups is 1. The minimum absolute atomic E-state index is 0.152. The minimum atomic E-state index is -0.751. The van der Waals surface area contributed by atoms with Crippen LogP contribution in [0.3, 0.4) is 0 Å². The number of aliphatic carboxylic acids is 1. The highest BCUT2D eigenvalue weighted by Gasteiger charge is 2.35. The van der Waals surface area contributed by atoms with E-state index in [0.717, 1.165) is 64.1 Å². The summed E-state index contributed by atoms with van der Waals surface area (Å²) >= 11 is 0. The zero-order valence-electron chi connectivity index (χ0n) is 23.7. The smallest absolute Gasteiger partial charge is 0.316 e. The lowest BCUT2D eigenvalue weighted by atomic mass is 9.78. The molecule has 0 saturated heterocycles. The number of benzene rings is 2. The normalized spacial score (nSPS) is 16.8. The van der Waals surface area contributed by atoms with Crippen LogP contribution in [0.1, 0.15) is 54.2 Å². The first-order valence-electron chi connectivity index (χ1n) is 14.2. The van der Waals surface area contributed by atoms with E-state index in [1.54, 1.807) is 19.5 Å². The van der Waals surface area contributed by atoms with Crippen molar-refractivity contribution in [3.63, 3.8) is 0 Å². The van der Waals surface area contributed by atoms with Crippen LogP contribution in [0.2, 0.25) is 0 Å². The number of carboxylic acids is 1. The molecule has 1 aliphatic carbocycles. The van der Waals surface area contributed by atoms with Crippen molar-refractivity contribution in [3.05, 3.63) is 95.8 Å². The Kier molecular flexibility index (Phi) is 7.81. The van der Waals surface area contributed by atoms with Gasteiger partial charge >= 0.3 is 12.0 Å². The number of hydrogen-bond donors (Lipinski definition) is 1. The van der Waals surface area contributed by atoms with Crippen LogP contribution in [0.15, 0.2) is 73.2 Å². The number of carboxylic acid groups (broad SMARTS) is 1. The molecule has 9 heteroatoms. The topological polar surface area (TPSA) is 112 Å². The molecular weight excluding hydrogens is 530 g/mol. The highest BCUT2D eigenvalue weighted by molar-refractivity contribution is 5.79. The van der Waals surface area contributed by atoms with Gasteiger partial charge in [0.2, 0.25) is 0 Å². The quantitative estimate of drug-likeness (QED) is 0.226. The van der Waals surface area contributed by atoms with Crippen LogP contribution in [0.25, 0.3) is 22.2 Å². The minimum Gasteiger partial charge on any atom is -0.487 e. The Labute approximate surface area is 244 Å². The van der Waals surface area contributed by atoms with Crippen molar-refractivity contribution in [1.29, 1.82) is 0 Å². The number of imidazole rings is 1. The van der Waals surface area contributed by atoms with Gasteiger partial charge in [0.1, 0.15) is 18.2 Å². The first kappa shape index (κ1) is 27.4. The van der Waals surface area contributed by atoms with Crippen LogP contribution in [0.4, 0.5) is 0 Å². The van der Waals surface area contributed by atoms with Crippen LogP contribution >= 0.6 is 0 Å². The van der Waals surface area contributed by atoms with Crippen LogP contribution in [-0.2, 0) is 17.9 Å². The van der Waals surface area contributed by atoms with Gasteiger partial charge in [-0.2, -0.15) is 0 Å². The van der Waals surface area contributed by atoms with Crippen molar-refractivity contribution >= 4 is 17.0 Å². The summed E-state index contributed by atoms with van der Waals surface area (Å²) in [6.07, 6.45) is 8.71. The molecule has 0 amide bonds. The molecule has 9 nitrogen and oxygen atoms in total. The third-order valence-electron chi connectivity index (χ3n) is 7.96. The summed E-state index contributed by atoms with van der Waals surface area (Å²) in [4.78, 5) is 30.1. The fourth-order valence-electron chi connectivity index (χ4n) is 5.69. The lowest BCUT2D eigenvalue weighted by molar-refractivity contribution is -0.143. The molecule has 6 rings (SSSR count). The van der Waals surface area contributed by atoms with Gasteiger partial charge in [-0.1, -0.05) is 43.2 Å². The summed E-state index contributed by atoms with van der Waals surface area (Å²) < 4.78 is 13.4. The van der Waals surface area contributed by atoms with E-state index in [-0.39, 0.29) is 5.92 Å². The number of aryl methyl sites for hydroxylation is 1. The second-order valence-electron chi connectivity index (χ2n) is 10.8. The Hall–Kier alpha value is -4.79. The predicted octanol–water partition coefficient (Wildman–Crippen LogP) is 6.19. The summed E-state index contributed by atoms with van der Waals surface area (Å²) in [6.45, 7) is 2.91. The van der Waals surface area contributed by atoms with E-state index in [0.29, 0.717) is 31.3 Å². The van der Waals surface area contributed by atoms with Gasteiger partial charge in [-0.25, -0.2) is 15.0 Å². The van der Waals surface area contributed by atoms with Crippen LogP contribution < -0.4 is 9.47 Å². The van der Waals surface area contributed by atoms with Crippen molar-refractivity contribution in [2.45, 2.75) is 51.7 Å². The zero-order valence-corrected chi connectivity index (χ0v) is 23.7. The van der Waals surface area contributed by atoms with E-state index >= 15 is 0 Å². The maximum absolute atomic E-state index is 12.2. The highest BCUT2D eigenvalue weighted by Crippen LogP contribution is 2.39. The van der Waals surface area contributed by atoms with Gasteiger partial charge in [-0.3, -0.25) is 9.78 Å². The van der Waals surface area contributed by atoms with E-state index in [2.05, 4.69) is 31.7 Å². The first-order valence-corrected chi connectivity index (χ1v) is 14.2. The largest absolute Gasteiger partial charge is 0.487 e. The number of nitrogens with zero attached hydrogens (tertiary/aromatic N) is 5. The number of pyridine rings is 1. The molecule has 42 heavy (non-hydrogen) atoms. The molecule has 1 saturated carbocycles. The molecule has 0 aliphatic heterocycles. The maximum Gasteiger partial charge on any atom is 0.316 e. The second kappa shape index (κ2) is 12.0. The Balaban J connectivity index is 1.34. The average molecular weight is 564 g/mol. The van der Waals surface area contributed by atoms with E-state index in [1.165, 1.54) is 0 Å². The third kappa shape index (κ3) is 5.81. The van der Waals surface area contributed by atoms with Crippen molar-refractivity contribution in [1.82, 2.24) is 24.5 Å². The molecule has 3 aromatic heterocycles. The lowest BCUT2D eigenvalue weighted by Gasteiger charge is -2.28. The summed E-state index contributed by atoms with van der Waals surface area (Å²) in [6, 6.07) is 18.4. The number of aromatic nitrogens is 5. The average Bonchev–Trinajstić information content (AvgIpc) is 3.38. The molecule has 214 valence electrons. The van der Waals surface area contributed by atoms with Gasteiger partial charge < -0.3 is 19.1 Å². The monoisotopic (exact) mass is 563 g/mol. The summed E-state index contributed by atoms with van der Waals surface area (Å²) in [7, 11) is 1.54. The number of fused-ring (bicyclic) bond motifs is 1. The van der Waals surface area contributed by atoms with Gasteiger partial charge in [0.05, 0.1) is 29.8 Å². The van der Waals surface area contributed by atoms with Crippen LogP contribution in [0.5, 0.6) is 11.8 Å². The molecule has 0 unspecified atom stereocenters. The number of hydrogen-bond acceptors (Lipinski definition) is 7. The van der Waals surface area contributed by atoms with E-state index in [9.17, 15) is 9.90 Å². The fourth-order valence-corrected chi connectivity index (χ4v) is 5.69. The van der Waals surface area contributed by atoms with Crippen molar-refractivity contribution in [3.8, 4) is 22.9 Å². The molecule has 0 bridgehead atoms. The number of rotatable bonds is 9. The lowest BCUT2D eigenvalue weighted by Crippen LogP contribution is -2.27. The number of ether oxygens (including phenoxy) is 2. The zero-order chi connectivity index (χ0) is 29.1. The molecule has 1 N–H and O–H groups in total. The summed E-state index contributed by atoms with van der Waals surface area (Å²) in [5.41, 5.74) is 6.66. The summed E-state index contributed by atoms with van der Waals surface area (Å²) in [5, 5.41) is 10.1. The molecule has 1 aliphatic rings. The molecule has 1 fully saturated rings. The SMILES string of the molecule is COc1ncc(-c2ccc(Cn3c([C@@H]4CCCC[C@@H]4C(=O)O)nc4ccc(OCc5ccc(C)cn5)cc43)cc2)cn1. The first-order chi connectivity index (χ1) is 20.5. The molecule has 5 aromatic rings. The van der Waals surface area contributed by atoms with Gasteiger partial charge in [0.25, 0.3) is 0 Å². The molecule has 3 heterocycles. The van der Waals surface area contributed by atoms with Gasteiger partial charge in [0, 0.05) is 42.7 Å².